The zero-order chi connectivity index (χ0) is 33.0. The largest absolute Gasteiger partial charge is 0.455 e. The molecule has 234 valence electrons. The Balaban J connectivity index is 1.20. The molecule has 5 nitrogen and oxygen atoms in total. The standard InChI is InChI=1S/C45H27N3O2/c1-2-11-30(12-3-1)45-47-38(29-22-20-28(21-23-29)37-17-8-9-26-46-37)27-39(48-45)35-25-24-32(42-36-14-5-7-19-41(36)50-44(35)42)34-16-10-15-33-31-13-4-6-18-40(31)49-43(33)34/h1-27H. The minimum Gasteiger partial charge on any atom is -0.455 e. The lowest BCUT2D eigenvalue weighted by Crippen LogP contribution is -1.96. The van der Waals surface area contributed by atoms with E-state index in [0.717, 1.165) is 94.3 Å². The van der Waals surface area contributed by atoms with E-state index in [1.165, 1.54) is 0 Å². The van der Waals surface area contributed by atoms with Crippen molar-refractivity contribution in [1.29, 1.82) is 0 Å². The molecule has 0 spiro atoms. The molecule has 4 aromatic heterocycles. The van der Waals surface area contributed by atoms with E-state index < -0.39 is 0 Å². The van der Waals surface area contributed by atoms with Gasteiger partial charge in [-0.15, -0.1) is 0 Å². The fourth-order valence-electron chi connectivity index (χ4n) is 7.01. The van der Waals surface area contributed by atoms with E-state index in [9.17, 15) is 0 Å². The predicted octanol–water partition coefficient (Wildman–Crippen LogP) is 12.0. The van der Waals surface area contributed by atoms with Crippen molar-refractivity contribution in [1.82, 2.24) is 15.0 Å². The number of hydrogen-bond donors (Lipinski definition) is 0. The molecular formula is C45H27N3O2. The van der Waals surface area contributed by atoms with E-state index in [1.807, 2.05) is 79.0 Å². The topological polar surface area (TPSA) is 65.0 Å². The third-order valence-electron chi connectivity index (χ3n) is 9.40. The number of fused-ring (bicyclic) bond motifs is 6. The first-order valence-electron chi connectivity index (χ1n) is 16.6. The van der Waals surface area contributed by atoms with Crippen molar-refractivity contribution in [2.24, 2.45) is 0 Å². The van der Waals surface area contributed by atoms with E-state index in [-0.39, 0.29) is 0 Å². The number of rotatable bonds is 5. The molecule has 10 aromatic rings. The fourth-order valence-corrected chi connectivity index (χ4v) is 7.01. The van der Waals surface area contributed by atoms with Gasteiger partial charge in [0.15, 0.2) is 5.82 Å². The number of pyridine rings is 1. The quantitative estimate of drug-likeness (QED) is 0.187. The Hall–Kier alpha value is -6.85. The van der Waals surface area contributed by atoms with E-state index >= 15 is 0 Å². The molecule has 0 radical (unpaired) electrons. The normalized spacial score (nSPS) is 11.6. The van der Waals surface area contributed by atoms with E-state index in [4.69, 9.17) is 18.8 Å². The molecule has 10 rings (SSSR count). The van der Waals surface area contributed by atoms with Crippen LogP contribution in [0.15, 0.2) is 173 Å². The molecule has 0 N–H and O–H groups in total. The van der Waals surface area contributed by atoms with Crippen molar-refractivity contribution in [3.05, 3.63) is 164 Å². The molecule has 50 heavy (non-hydrogen) atoms. The van der Waals surface area contributed by atoms with Crippen LogP contribution in [0.1, 0.15) is 0 Å². The SMILES string of the molecule is c1ccc(-c2nc(-c3ccc(-c4ccccn4)cc3)cc(-c3ccc(-c4cccc5c4oc4ccccc45)c4c3oc3ccccc34)n2)cc1. The van der Waals surface area contributed by atoms with Crippen molar-refractivity contribution < 1.29 is 8.83 Å². The Labute approximate surface area is 287 Å². The molecule has 4 heterocycles. The van der Waals surface area contributed by atoms with Gasteiger partial charge in [-0.25, -0.2) is 9.97 Å². The highest BCUT2D eigenvalue weighted by Gasteiger charge is 2.22. The van der Waals surface area contributed by atoms with Crippen LogP contribution in [-0.4, -0.2) is 15.0 Å². The van der Waals surface area contributed by atoms with Crippen molar-refractivity contribution in [2.75, 3.05) is 0 Å². The highest BCUT2D eigenvalue weighted by molar-refractivity contribution is 6.19. The second-order valence-electron chi connectivity index (χ2n) is 12.4. The lowest BCUT2D eigenvalue weighted by Gasteiger charge is -2.12. The summed E-state index contributed by atoms with van der Waals surface area (Å²) in [7, 11) is 0. The Morgan fingerprint density at radius 3 is 1.82 bits per heavy atom. The fraction of sp³-hybridized carbons (Fsp3) is 0. The Morgan fingerprint density at radius 2 is 1.02 bits per heavy atom. The van der Waals surface area contributed by atoms with Crippen molar-refractivity contribution in [2.45, 2.75) is 0 Å². The number of hydrogen-bond acceptors (Lipinski definition) is 5. The summed E-state index contributed by atoms with van der Waals surface area (Å²) >= 11 is 0. The van der Waals surface area contributed by atoms with Crippen LogP contribution in [0.3, 0.4) is 0 Å². The third-order valence-corrected chi connectivity index (χ3v) is 9.40. The monoisotopic (exact) mass is 641 g/mol. The summed E-state index contributed by atoms with van der Waals surface area (Å²) in [6, 6.07) is 53.5. The molecular weight excluding hydrogens is 615 g/mol. The molecule has 0 saturated heterocycles. The predicted molar refractivity (Wildman–Crippen MR) is 202 cm³/mol. The van der Waals surface area contributed by atoms with Gasteiger partial charge in [-0.3, -0.25) is 4.98 Å². The first-order valence-corrected chi connectivity index (χ1v) is 16.6. The minimum atomic E-state index is 0.646. The second-order valence-corrected chi connectivity index (χ2v) is 12.4. The van der Waals surface area contributed by atoms with Gasteiger partial charge in [0.25, 0.3) is 0 Å². The lowest BCUT2D eigenvalue weighted by molar-refractivity contribution is 0.669. The van der Waals surface area contributed by atoms with Gasteiger partial charge in [0, 0.05) is 55.6 Å². The van der Waals surface area contributed by atoms with Crippen LogP contribution in [0.5, 0.6) is 0 Å². The van der Waals surface area contributed by atoms with Gasteiger partial charge in [-0.2, -0.15) is 0 Å². The highest BCUT2D eigenvalue weighted by Crippen LogP contribution is 2.45. The Bertz CT molecular complexity index is 2850. The molecule has 0 atom stereocenters. The maximum atomic E-state index is 6.73. The molecule has 0 aliphatic heterocycles. The molecule has 0 aliphatic rings. The van der Waals surface area contributed by atoms with Gasteiger partial charge < -0.3 is 8.83 Å². The van der Waals surface area contributed by atoms with Crippen LogP contribution in [0.4, 0.5) is 0 Å². The van der Waals surface area contributed by atoms with Gasteiger partial charge in [0.2, 0.25) is 0 Å². The molecule has 0 unspecified atom stereocenters. The summed E-state index contributed by atoms with van der Waals surface area (Å²) in [5.74, 6) is 0.646. The molecule has 0 amide bonds. The Kier molecular flexibility index (Phi) is 6.42. The Morgan fingerprint density at radius 1 is 0.380 bits per heavy atom. The molecule has 0 aliphatic carbocycles. The zero-order valence-electron chi connectivity index (χ0n) is 26.7. The molecule has 0 saturated carbocycles. The average molecular weight is 642 g/mol. The van der Waals surface area contributed by atoms with Crippen molar-refractivity contribution in [3.63, 3.8) is 0 Å². The summed E-state index contributed by atoms with van der Waals surface area (Å²) in [6.07, 6.45) is 1.81. The van der Waals surface area contributed by atoms with Crippen LogP contribution in [-0.2, 0) is 0 Å². The maximum absolute atomic E-state index is 6.73. The van der Waals surface area contributed by atoms with Gasteiger partial charge in [-0.1, -0.05) is 121 Å². The number of benzene rings is 6. The summed E-state index contributed by atoms with van der Waals surface area (Å²) < 4.78 is 13.2. The van der Waals surface area contributed by atoms with E-state index in [1.54, 1.807) is 0 Å². The zero-order valence-corrected chi connectivity index (χ0v) is 26.7. The molecule has 0 bridgehead atoms. The first kappa shape index (κ1) is 28.2. The lowest BCUT2D eigenvalue weighted by atomic mass is 9.94. The number of nitrogens with zero attached hydrogens (tertiary/aromatic N) is 3. The van der Waals surface area contributed by atoms with Gasteiger partial charge >= 0.3 is 0 Å². The average Bonchev–Trinajstić information content (AvgIpc) is 3.78. The van der Waals surface area contributed by atoms with Gasteiger partial charge in [0.05, 0.1) is 17.1 Å². The second kappa shape index (κ2) is 11.4. The highest BCUT2D eigenvalue weighted by atomic mass is 16.3. The van der Waals surface area contributed by atoms with Crippen molar-refractivity contribution >= 4 is 43.9 Å². The maximum Gasteiger partial charge on any atom is 0.160 e. The minimum absolute atomic E-state index is 0.646. The van der Waals surface area contributed by atoms with E-state index in [0.29, 0.717) is 5.82 Å². The van der Waals surface area contributed by atoms with E-state index in [2.05, 4.69) is 89.9 Å². The smallest absolute Gasteiger partial charge is 0.160 e. The molecule has 6 aromatic carbocycles. The number of para-hydroxylation sites is 3. The molecule has 5 heteroatoms. The van der Waals surface area contributed by atoms with Crippen LogP contribution >= 0.6 is 0 Å². The van der Waals surface area contributed by atoms with Crippen LogP contribution in [0, 0.1) is 0 Å². The third kappa shape index (κ3) is 4.60. The number of furan rings is 2. The molecule has 0 fully saturated rings. The summed E-state index contributed by atoms with van der Waals surface area (Å²) in [6.45, 7) is 0. The summed E-state index contributed by atoms with van der Waals surface area (Å²) in [5, 5.41) is 4.25. The first-order chi connectivity index (χ1) is 24.8. The van der Waals surface area contributed by atoms with Gasteiger partial charge in [0.1, 0.15) is 22.3 Å². The number of aromatic nitrogens is 3. The summed E-state index contributed by atoms with van der Waals surface area (Å²) in [4.78, 5) is 14.8. The summed E-state index contributed by atoms with van der Waals surface area (Å²) in [5.41, 5.74) is 11.8. The van der Waals surface area contributed by atoms with Gasteiger partial charge in [-0.05, 0) is 42.0 Å². The van der Waals surface area contributed by atoms with Crippen LogP contribution in [0.2, 0.25) is 0 Å². The van der Waals surface area contributed by atoms with Crippen LogP contribution < -0.4 is 0 Å². The van der Waals surface area contributed by atoms with Crippen molar-refractivity contribution in [3.8, 4) is 56.3 Å². The van der Waals surface area contributed by atoms with Crippen LogP contribution in [0.25, 0.3) is 100 Å².